The molecule has 0 radical (unpaired) electrons. The van der Waals surface area contributed by atoms with E-state index in [0.717, 1.165) is 101 Å². The second-order valence-electron chi connectivity index (χ2n) is 17.4. The maximum absolute atomic E-state index is 12.9. The number of anilines is 8. The smallest absolute Gasteiger partial charge is 0.747 e. The summed E-state index contributed by atoms with van der Waals surface area (Å²) in [6.45, 7) is 0.294. The fraction of sp³-hybridized carbons (Fsp3) is 0.115. The Hall–Kier alpha value is -7.16. The van der Waals surface area contributed by atoms with Crippen molar-refractivity contribution >= 4 is 67.4 Å². The minimum atomic E-state index is -4.67. The molecule has 1 unspecified atom stereocenters. The second kappa shape index (κ2) is 22.9. The molecule has 1 heterocycles. The van der Waals surface area contributed by atoms with Gasteiger partial charge in [-0.15, -0.1) is 0 Å². The van der Waals surface area contributed by atoms with E-state index in [0.29, 0.717) is 12.1 Å². The van der Waals surface area contributed by atoms with Crippen LogP contribution < -0.4 is 63.2 Å². The summed E-state index contributed by atoms with van der Waals surface area (Å²) in [7, 11) is 1.97. The van der Waals surface area contributed by atoms with Crippen molar-refractivity contribution in [3.63, 3.8) is 0 Å². The number of fused-ring (bicyclic) bond motifs is 2. The zero-order valence-corrected chi connectivity index (χ0v) is 45.3. The molecule has 9 aromatic carbocycles. The molecule has 0 aliphatic carbocycles. The second-order valence-corrected chi connectivity index (χ2v) is 20.0. The van der Waals surface area contributed by atoms with Crippen molar-refractivity contribution in [3.05, 3.63) is 218 Å². The van der Waals surface area contributed by atoms with Gasteiger partial charge in [0.25, 0.3) is 0 Å². The van der Waals surface area contributed by atoms with Crippen molar-refractivity contribution in [2.45, 2.75) is 21.5 Å². The van der Waals surface area contributed by atoms with Crippen LogP contribution in [0.25, 0.3) is 22.3 Å². The summed E-state index contributed by atoms with van der Waals surface area (Å²) in [6, 6.07) is 70.5. The summed E-state index contributed by atoms with van der Waals surface area (Å²) in [6.07, 6.45) is 0.101. The van der Waals surface area contributed by atoms with E-state index in [2.05, 4.69) is 99.6 Å². The quantitative estimate of drug-likeness (QED) is 0.0643. The van der Waals surface area contributed by atoms with Gasteiger partial charge < -0.3 is 38.2 Å². The van der Waals surface area contributed by atoms with Gasteiger partial charge in [-0.25, -0.2) is 8.42 Å². The van der Waals surface area contributed by atoms with Gasteiger partial charge in [-0.1, -0.05) is 78.5 Å². The SMILES string of the molecule is COc1ccc(N(c2ccc(OC)cc2)c2ccc(-c3ccc4c(c3)Sc3cc(-c5ccc(N(c6ccc(OC)cc6)c6ccc(OC)cc6)cc5)ccc3N4CCC(c3ccccc3)S(=O)(=O)[O-])cc2)cc1.[Na+]. The molecule has 1 aliphatic heterocycles. The molecule has 0 amide bonds. The van der Waals surface area contributed by atoms with Crippen molar-refractivity contribution in [1.29, 1.82) is 0 Å². The monoisotopic (exact) mass is 1030 g/mol. The fourth-order valence-corrected chi connectivity index (χ4v) is 11.4. The molecule has 10 nitrogen and oxygen atoms in total. The summed E-state index contributed by atoms with van der Waals surface area (Å²) in [5.74, 6) is 3.10. The zero-order valence-electron chi connectivity index (χ0n) is 41.7. The molecule has 366 valence electrons. The summed E-state index contributed by atoms with van der Waals surface area (Å²) in [4.78, 5) is 8.55. The fourth-order valence-electron chi connectivity index (χ4n) is 9.30. The van der Waals surface area contributed by atoms with E-state index in [1.54, 1.807) is 64.5 Å². The van der Waals surface area contributed by atoms with Gasteiger partial charge in [0.2, 0.25) is 0 Å². The van der Waals surface area contributed by atoms with Gasteiger partial charge in [0, 0.05) is 50.5 Å². The van der Waals surface area contributed by atoms with Crippen LogP contribution in [-0.2, 0) is 10.1 Å². The van der Waals surface area contributed by atoms with Crippen molar-refractivity contribution in [1.82, 2.24) is 0 Å². The van der Waals surface area contributed by atoms with Gasteiger partial charge in [-0.05, 0) is 180 Å². The first kappa shape index (κ1) is 51.7. The molecule has 0 fully saturated rings. The molecule has 1 atom stereocenters. The van der Waals surface area contributed by atoms with Gasteiger partial charge in [0.1, 0.15) is 33.1 Å². The standard InChI is InChI=1S/C61H53N3O7S2.Na/c1-68-53-28-20-49(21-29-53)63(50-22-30-54(69-2)31-23-50)47-16-10-42(11-17-47)45-14-36-57-59(40-45)72-60-41-46(15-37-58(60)62(57)39-38-61(73(65,66)67)44-8-6-5-7-9-44)43-12-18-48(19-13-43)64(51-24-32-55(70-3)33-25-51)52-26-34-56(71-4)35-27-52;/h5-37,40-41,61H,38-39H2,1-4H3,(H,65,66,67);/q;+1/p-1. The molecular formula is C61H52N3NaO7S2. The summed E-state index contributed by atoms with van der Waals surface area (Å²) in [5.41, 5.74) is 12.3. The molecule has 13 heteroatoms. The van der Waals surface area contributed by atoms with Crippen LogP contribution in [0.5, 0.6) is 23.0 Å². The molecule has 0 spiro atoms. The van der Waals surface area contributed by atoms with Gasteiger partial charge in [0.15, 0.2) is 0 Å². The van der Waals surface area contributed by atoms with Crippen LogP contribution >= 0.6 is 11.8 Å². The Kier molecular flexibility index (Phi) is 16.0. The molecule has 0 N–H and O–H groups in total. The Balaban J connectivity index is 0.00000672. The van der Waals surface area contributed by atoms with Gasteiger partial charge in [0.05, 0.1) is 45.1 Å². The number of benzene rings is 9. The summed E-state index contributed by atoms with van der Waals surface area (Å²) in [5, 5.41) is -1.21. The average molecular weight is 1030 g/mol. The van der Waals surface area contributed by atoms with Crippen LogP contribution in [0.1, 0.15) is 17.2 Å². The number of nitrogens with zero attached hydrogens (tertiary/aromatic N) is 3. The Morgan fingerprint density at radius 1 is 0.446 bits per heavy atom. The predicted molar refractivity (Wildman–Crippen MR) is 294 cm³/mol. The van der Waals surface area contributed by atoms with Gasteiger partial charge >= 0.3 is 29.6 Å². The number of hydrogen-bond acceptors (Lipinski definition) is 11. The van der Waals surface area contributed by atoms with E-state index in [1.165, 1.54) is 0 Å². The van der Waals surface area contributed by atoms with Crippen molar-refractivity contribution in [2.24, 2.45) is 0 Å². The molecule has 10 rings (SSSR count). The maximum Gasteiger partial charge on any atom is 1.00 e. The van der Waals surface area contributed by atoms with Crippen LogP contribution in [0.2, 0.25) is 0 Å². The van der Waals surface area contributed by atoms with E-state index >= 15 is 0 Å². The Labute approximate surface area is 459 Å². The maximum atomic E-state index is 12.9. The number of rotatable bonds is 17. The third-order valence-electron chi connectivity index (χ3n) is 13.1. The molecule has 0 saturated heterocycles. The topological polar surface area (TPSA) is 104 Å². The predicted octanol–water partition coefficient (Wildman–Crippen LogP) is 12.3. The first-order chi connectivity index (χ1) is 35.6. The van der Waals surface area contributed by atoms with E-state index in [4.69, 9.17) is 18.9 Å². The third-order valence-corrected chi connectivity index (χ3v) is 15.4. The zero-order chi connectivity index (χ0) is 50.5. The van der Waals surface area contributed by atoms with Crippen molar-refractivity contribution < 1.29 is 61.5 Å². The first-order valence-corrected chi connectivity index (χ1v) is 26.0. The first-order valence-electron chi connectivity index (χ1n) is 23.7. The molecule has 0 bridgehead atoms. The summed E-state index contributed by atoms with van der Waals surface area (Å²) >= 11 is 1.68. The van der Waals surface area contributed by atoms with Crippen LogP contribution in [0.15, 0.2) is 222 Å². The Morgan fingerprint density at radius 2 is 0.757 bits per heavy atom. The van der Waals surface area contributed by atoms with Crippen LogP contribution in [-0.4, -0.2) is 48.0 Å². The van der Waals surface area contributed by atoms with E-state index in [-0.39, 0.29) is 36.0 Å². The van der Waals surface area contributed by atoms with Crippen molar-refractivity contribution in [2.75, 3.05) is 49.7 Å². The van der Waals surface area contributed by atoms with E-state index < -0.39 is 15.4 Å². The van der Waals surface area contributed by atoms with Crippen LogP contribution in [0.4, 0.5) is 45.5 Å². The average Bonchev–Trinajstić information content (AvgIpc) is 3.43. The third kappa shape index (κ3) is 11.2. The molecule has 9 aromatic rings. The Morgan fingerprint density at radius 3 is 1.07 bits per heavy atom. The van der Waals surface area contributed by atoms with Crippen LogP contribution in [0.3, 0.4) is 0 Å². The van der Waals surface area contributed by atoms with Crippen molar-refractivity contribution in [3.8, 4) is 45.3 Å². The molecule has 0 saturated carbocycles. The van der Waals surface area contributed by atoms with Crippen LogP contribution in [0, 0.1) is 0 Å². The Bertz CT molecular complexity index is 3150. The van der Waals surface area contributed by atoms with Gasteiger partial charge in [-0.2, -0.15) is 0 Å². The van der Waals surface area contributed by atoms with E-state index in [1.807, 2.05) is 103 Å². The largest absolute Gasteiger partial charge is 1.00 e. The number of ether oxygens (including phenoxy) is 4. The number of methoxy groups -OCH3 is 4. The number of hydrogen-bond donors (Lipinski definition) is 0. The minimum absolute atomic E-state index is 0. The normalized spacial score (nSPS) is 12.1. The molecule has 0 aromatic heterocycles. The molecular weight excluding hydrogens is 974 g/mol. The van der Waals surface area contributed by atoms with Gasteiger partial charge in [-0.3, -0.25) is 0 Å². The molecule has 1 aliphatic rings. The molecule has 74 heavy (non-hydrogen) atoms. The summed E-state index contributed by atoms with van der Waals surface area (Å²) < 4.78 is 60.4. The minimum Gasteiger partial charge on any atom is -0.747 e. The van der Waals surface area contributed by atoms with E-state index in [9.17, 15) is 13.0 Å².